The van der Waals surface area contributed by atoms with Crippen molar-refractivity contribution in [3.8, 4) is 0 Å². The van der Waals surface area contributed by atoms with E-state index in [2.05, 4.69) is 5.32 Å². The second-order valence-corrected chi connectivity index (χ2v) is 4.47. The molecule has 20 heavy (non-hydrogen) atoms. The number of nitrogens with zero attached hydrogens (tertiary/aromatic N) is 1. The first-order chi connectivity index (χ1) is 9.19. The Bertz CT molecular complexity index is 477. The Morgan fingerprint density at radius 1 is 1.40 bits per heavy atom. The molecule has 1 aromatic carbocycles. The molecule has 112 valence electrons. The van der Waals surface area contributed by atoms with Gasteiger partial charge in [0.1, 0.15) is 11.5 Å². The van der Waals surface area contributed by atoms with Crippen molar-refractivity contribution in [2.24, 2.45) is 0 Å². The van der Waals surface area contributed by atoms with Crippen LogP contribution in [0.5, 0.6) is 0 Å². The Morgan fingerprint density at radius 2 is 2.05 bits per heavy atom. The Hall–Kier alpha value is -1.86. The first-order valence-corrected chi connectivity index (χ1v) is 5.96. The molecule has 0 bridgehead atoms. The van der Waals surface area contributed by atoms with Gasteiger partial charge in [0.2, 0.25) is 0 Å². The zero-order valence-electron chi connectivity index (χ0n) is 10.7. The van der Waals surface area contributed by atoms with Crippen LogP contribution in [0.25, 0.3) is 0 Å². The predicted octanol–water partition coefficient (Wildman–Crippen LogP) is 4.27. The van der Waals surface area contributed by atoms with Crippen LogP contribution in [0.4, 0.5) is 28.9 Å². The third-order valence-corrected chi connectivity index (χ3v) is 2.65. The van der Waals surface area contributed by atoms with Gasteiger partial charge in [0, 0.05) is 24.6 Å². The third-order valence-electron chi connectivity index (χ3n) is 2.65. The minimum atomic E-state index is -4.22. The molecule has 1 rings (SSSR count). The van der Waals surface area contributed by atoms with Gasteiger partial charge in [-0.3, -0.25) is 10.1 Å². The molecule has 0 aliphatic heterocycles. The van der Waals surface area contributed by atoms with Crippen LogP contribution >= 0.6 is 0 Å². The average molecular weight is 294 g/mol. The molecule has 4 nitrogen and oxygen atoms in total. The minimum Gasteiger partial charge on any atom is -0.377 e. The largest absolute Gasteiger partial charge is 0.389 e. The van der Waals surface area contributed by atoms with Crippen molar-refractivity contribution >= 4 is 11.4 Å². The van der Waals surface area contributed by atoms with E-state index < -0.39 is 29.4 Å². The Morgan fingerprint density at radius 3 is 2.60 bits per heavy atom. The van der Waals surface area contributed by atoms with Crippen molar-refractivity contribution in [3.63, 3.8) is 0 Å². The molecule has 0 aliphatic rings. The maximum absolute atomic E-state index is 13.1. The number of benzene rings is 1. The molecule has 0 saturated carbocycles. The second-order valence-electron chi connectivity index (χ2n) is 4.47. The van der Waals surface area contributed by atoms with Gasteiger partial charge >= 0.3 is 6.18 Å². The molecule has 8 heteroatoms. The molecule has 0 saturated heterocycles. The number of hydrogen-bond acceptors (Lipinski definition) is 3. The van der Waals surface area contributed by atoms with Gasteiger partial charge < -0.3 is 5.32 Å². The number of rotatable bonds is 6. The summed E-state index contributed by atoms with van der Waals surface area (Å²) >= 11 is 0. The Balaban J connectivity index is 2.63. The predicted molar refractivity (Wildman–Crippen MR) is 66.0 cm³/mol. The zero-order chi connectivity index (χ0) is 15.3. The summed E-state index contributed by atoms with van der Waals surface area (Å²) in [5, 5.41) is 13.4. The van der Waals surface area contributed by atoms with E-state index in [0.29, 0.717) is 0 Å². The van der Waals surface area contributed by atoms with Gasteiger partial charge in [0.05, 0.1) is 4.92 Å². The molecule has 0 radical (unpaired) electrons. The fourth-order valence-corrected chi connectivity index (χ4v) is 1.73. The molecule has 0 spiro atoms. The smallest absolute Gasteiger partial charge is 0.377 e. The van der Waals surface area contributed by atoms with Crippen LogP contribution in [0.1, 0.15) is 26.2 Å². The molecule has 1 aromatic rings. The zero-order valence-corrected chi connectivity index (χ0v) is 10.7. The van der Waals surface area contributed by atoms with E-state index in [1.807, 2.05) is 0 Å². The highest BCUT2D eigenvalue weighted by atomic mass is 19.4. The van der Waals surface area contributed by atoms with Crippen LogP contribution in [0.15, 0.2) is 18.2 Å². The molecule has 0 fully saturated rings. The molecular formula is C12H14F4N2O2. The number of nitrogens with one attached hydrogen (secondary N) is 1. The van der Waals surface area contributed by atoms with Crippen LogP contribution in [-0.4, -0.2) is 17.1 Å². The van der Waals surface area contributed by atoms with Gasteiger partial charge in [-0.1, -0.05) is 0 Å². The van der Waals surface area contributed by atoms with E-state index >= 15 is 0 Å². The first-order valence-electron chi connectivity index (χ1n) is 5.96. The van der Waals surface area contributed by atoms with E-state index in [-0.39, 0.29) is 24.2 Å². The van der Waals surface area contributed by atoms with E-state index in [0.717, 1.165) is 18.2 Å². The highest BCUT2D eigenvalue weighted by Gasteiger charge is 2.26. The van der Waals surface area contributed by atoms with Crippen LogP contribution in [-0.2, 0) is 0 Å². The maximum Gasteiger partial charge on any atom is 0.389 e. The Labute approximate surface area is 112 Å². The molecule has 0 aromatic heterocycles. The van der Waals surface area contributed by atoms with Crippen LogP contribution in [0.2, 0.25) is 0 Å². The van der Waals surface area contributed by atoms with Gasteiger partial charge in [0.25, 0.3) is 5.69 Å². The summed E-state index contributed by atoms with van der Waals surface area (Å²) in [6.45, 7) is 1.59. The SMILES string of the molecule is CC(CCCC(F)(F)F)Nc1cc(F)ccc1[N+](=O)[O-]. The van der Waals surface area contributed by atoms with Crippen LogP contribution < -0.4 is 5.32 Å². The van der Waals surface area contributed by atoms with Gasteiger partial charge in [-0.2, -0.15) is 13.2 Å². The second kappa shape index (κ2) is 6.53. The van der Waals surface area contributed by atoms with E-state index in [9.17, 15) is 27.7 Å². The molecular weight excluding hydrogens is 280 g/mol. The average Bonchev–Trinajstić information content (AvgIpc) is 2.26. The van der Waals surface area contributed by atoms with Crippen LogP contribution in [0.3, 0.4) is 0 Å². The lowest BCUT2D eigenvalue weighted by atomic mass is 10.1. The Kier molecular flexibility index (Phi) is 5.29. The highest BCUT2D eigenvalue weighted by Crippen LogP contribution is 2.27. The summed E-state index contributed by atoms with van der Waals surface area (Å²) in [5.74, 6) is -0.652. The van der Waals surface area contributed by atoms with Gasteiger partial charge in [-0.05, 0) is 25.8 Å². The normalized spacial score (nSPS) is 13.1. The number of nitro benzene ring substituents is 1. The summed E-state index contributed by atoms with van der Waals surface area (Å²) in [5.41, 5.74) is -0.344. The van der Waals surface area contributed by atoms with Crippen LogP contribution in [0, 0.1) is 15.9 Å². The number of halogens is 4. The summed E-state index contributed by atoms with van der Waals surface area (Å²) < 4.78 is 49.0. The number of anilines is 1. The quantitative estimate of drug-likeness (QED) is 0.484. The molecule has 0 aliphatic carbocycles. The molecule has 1 unspecified atom stereocenters. The fraction of sp³-hybridized carbons (Fsp3) is 0.500. The van der Waals surface area contributed by atoms with E-state index in [1.165, 1.54) is 0 Å². The van der Waals surface area contributed by atoms with Crippen molar-refractivity contribution in [3.05, 3.63) is 34.1 Å². The number of alkyl halides is 3. The standard InChI is InChI=1S/C12H14F4N2O2/c1-8(3-2-6-12(14,15)16)17-10-7-9(13)4-5-11(10)18(19)20/h4-5,7-8,17H,2-3,6H2,1H3. The van der Waals surface area contributed by atoms with Crippen molar-refractivity contribution in [1.82, 2.24) is 0 Å². The summed E-state index contributed by atoms with van der Waals surface area (Å²) in [6.07, 6.45) is -5.05. The lowest BCUT2D eigenvalue weighted by Gasteiger charge is -2.15. The van der Waals surface area contributed by atoms with Crippen molar-refractivity contribution < 1.29 is 22.5 Å². The molecule has 0 amide bonds. The number of nitro groups is 1. The highest BCUT2D eigenvalue weighted by molar-refractivity contribution is 5.61. The van der Waals surface area contributed by atoms with E-state index in [1.54, 1.807) is 6.92 Å². The van der Waals surface area contributed by atoms with E-state index in [4.69, 9.17) is 0 Å². The van der Waals surface area contributed by atoms with Gasteiger partial charge in [-0.25, -0.2) is 4.39 Å². The molecule has 1 N–H and O–H groups in total. The van der Waals surface area contributed by atoms with Crippen molar-refractivity contribution in [2.75, 3.05) is 5.32 Å². The monoisotopic (exact) mass is 294 g/mol. The van der Waals surface area contributed by atoms with Crippen molar-refractivity contribution in [1.29, 1.82) is 0 Å². The third kappa shape index (κ3) is 5.41. The lowest BCUT2D eigenvalue weighted by Crippen LogP contribution is -2.17. The molecule has 1 atom stereocenters. The fourth-order valence-electron chi connectivity index (χ4n) is 1.73. The summed E-state index contributed by atoms with van der Waals surface area (Å²) in [7, 11) is 0. The number of hydrogen-bond donors (Lipinski definition) is 1. The summed E-state index contributed by atoms with van der Waals surface area (Å²) in [4.78, 5) is 10.1. The van der Waals surface area contributed by atoms with Crippen molar-refractivity contribution in [2.45, 2.75) is 38.4 Å². The first kappa shape index (κ1) is 16.2. The summed E-state index contributed by atoms with van der Waals surface area (Å²) in [6, 6.07) is 2.49. The lowest BCUT2D eigenvalue weighted by molar-refractivity contribution is -0.384. The van der Waals surface area contributed by atoms with Gasteiger partial charge in [-0.15, -0.1) is 0 Å². The topological polar surface area (TPSA) is 55.2 Å². The molecule has 0 heterocycles. The minimum absolute atomic E-state index is 0.0329. The van der Waals surface area contributed by atoms with Gasteiger partial charge in [0.15, 0.2) is 0 Å². The maximum atomic E-state index is 13.1.